The van der Waals surface area contributed by atoms with Crippen molar-refractivity contribution in [2.75, 3.05) is 19.5 Å². The van der Waals surface area contributed by atoms with Crippen LogP contribution in [0.1, 0.15) is 5.56 Å². The number of carbonyl (C=O) groups excluding carboxylic acids is 1. The van der Waals surface area contributed by atoms with Crippen molar-refractivity contribution < 1.29 is 32.2 Å². The Balaban J connectivity index is 2.03. The van der Waals surface area contributed by atoms with Crippen LogP contribution < -0.4 is 19.5 Å². The van der Waals surface area contributed by atoms with Gasteiger partial charge in [0.15, 0.2) is 0 Å². The Morgan fingerprint density at radius 3 is 2.23 bits per heavy atom. The molecule has 0 aliphatic rings. The summed E-state index contributed by atoms with van der Waals surface area (Å²) in [5, 5.41) is 2.53. The van der Waals surface area contributed by atoms with Gasteiger partial charge in [-0.2, -0.15) is 0 Å². The average Bonchev–Trinajstić information content (AvgIpc) is 2.60. The molecule has 0 radical (unpaired) electrons. The number of methoxy groups -OCH3 is 2. The van der Waals surface area contributed by atoms with Gasteiger partial charge in [-0.15, -0.1) is 13.2 Å². The first-order chi connectivity index (χ1) is 12.3. The summed E-state index contributed by atoms with van der Waals surface area (Å²) in [5.74, 6) is 0.334. The second-order valence-corrected chi connectivity index (χ2v) is 5.00. The number of anilines is 1. The van der Waals surface area contributed by atoms with Crippen LogP contribution in [0.25, 0.3) is 6.08 Å². The quantitative estimate of drug-likeness (QED) is 0.776. The minimum absolute atomic E-state index is 0.326. The summed E-state index contributed by atoms with van der Waals surface area (Å²) in [6, 6.07) is 9.95. The lowest BCUT2D eigenvalue weighted by Crippen LogP contribution is -2.17. The zero-order valence-electron chi connectivity index (χ0n) is 14.0. The minimum Gasteiger partial charge on any atom is -0.497 e. The van der Waals surface area contributed by atoms with Crippen LogP contribution in [-0.4, -0.2) is 26.5 Å². The molecule has 0 aromatic heterocycles. The van der Waals surface area contributed by atoms with Gasteiger partial charge in [-0.1, -0.05) is 0 Å². The van der Waals surface area contributed by atoms with Crippen LogP contribution in [-0.2, 0) is 4.79 Å². The number of halogens is 3. The molecule has 0 unspecified atom stereocenters. The SMILES string of the molecule is COc1ccc(OC)c(/C=C/C(=O)Nc2ccc(OC(F)(F)F)cc2)c1. The van der Waals surface area contributed by atoms with Crippen LogP contribution in [0.4, 0.5) is 18.9 Å². The fourth-order valence-corrected chi connectivity index (χ4v) is 2.06. The fraction of sp³-hybridized carbons (Fsp3) is 0.167. The van der Waals surface area contributed by atoms with Gasteiger partial charge in [0.2, 0.25) is 5.91 Å². The zero-order chi connectivity index (χ0) is 19.2. The molecule has 0 saturated heterocycles. The van der Waals surface area contributed by atoms with Crippen LogP contribution >= 0.6 is 0 Å². The average molecular weight is 367 g/mol. The summed E-state index contributed by atoms with van der Waals surface area (Å²) in [6.45, 7) is 0. The molecular formula is C18H16F3NO4. The fourth-order valence-electron chi connectivity index (χ4n) is 2.06. The maximum atomic E-state index is 12.1. The highest BCUT2D eigenvalue weighted by Gasteiger charge is 2.30. The van der Waals surface area contributed by atoms with Gasteiger partial charge in [0, 0.05) is 17.3 Å². The molecule has 2 aromatic carbocycles. The highest BCUT2D eigenvalue weighted by Crippen LogP contribution is 2.26. The molecule has 0 aliphatic heterocycles. The largest absolute Gasteiger partial charge is 0.573 e. The number of amides is 1. The highest BCUT2D eigenvalue weighted by molar-refractivity contribution is 6.02. The van der Waals surface area contributed by atoms with E-state index in [2.05, 4.69) is 10.1 Å². The molecule has 0 atom stereocenters. The number of ether oxygens (including phenoxy) is 3. The van der Waals surface area contributed by atoms with E-state index in [1.165, 1.54) is 38.5 Å². The smallest absolute Gasteiger partial charge is 0.497 e. The van der Waals surface area contributed by atoms with E-state index in [1.54, 1.807) is 18.2 Å². The molecule has 1 amide bonds. The molecule has 0 aliphatic carbocycles. The van der Waals surface area contributed by atoms with E-state index < -0.39 is 12.3 Å². The van der Waals surface area contributed by atoms with E-state index in [0.717, 1.165) is 12.1 Å². The van der Waals surface area contributed by atoms with Gasteiger partial charge in [-0.3, -0.25) is 4.79 Å². The maximum absolute atomic E-state index is 12.1. The molecule has 0 fully saturated rings. The molecule has 1 N–H and O–H groups in total. The lowest BCUT2D eigenvalue weighted by Gasteiger charge is -2.09. The predicted molar refractivity (Wildman–Crippen MR) is 90.3 cm³/mol. The van der Waals surface area contributed by atoms with Gasteiger partial charge in [0.05, 0.1) is 14.2 Å². The van der Waals surface area contributed by atoms with Crippen molar-refractivity contribution in [2.24, 2.45) is 0 Å². The summed E-state index contributed by atoms with van der Waals surface area (Å²) in [6.07, 6.45) is -1.95. The number of benzene rings is 2. The second-order valence-electron chi connectivity index (χ2n) is 5.00. The topological polar surface area (TPSA) is 56.8 Å². The molecule has 8 heteroatoms. The number of hydrogen-bond acceptors (Lipinski definition) is 4. The first-order valence-electron chi connectivity index (χ1n) is 7.37. The van der Waals surface area contributed by atoms with E-state index in [9.17, 15) is 18.0 Å². The Bertz CT molecular complexity index is 786. The third-order valence-corrected chi connectivity index (χ3v) is 3.21. The highest BCUT2D eigenvalue weighted by atomic mass is 19.4. The summed E-state index contributed by atoms with van der Waals surface area (Å²) in [7, 11) is 3.03. The minimum atomic E-state index is -4.76. The van der Waals surface area contributed by atoms with Crippen molar-refractivity contribution in [1.82, 2.24) is 0 Å². The second kappa shape index (κ2) is 8.28. The molecule has 26 heavy (non-hydrogen) atoms. The van der Waals surface area contributed by atoms with E-state index in [4.69, 9.17) is 9.47 Å². The van der Waals surface area contributed by atoms with Gasteiger partial charge in [0.25, 0.3) is 0 Å². The molecule has 0 heterocycles. The maximum Gasteiger partial charge on any atom is 0.573 e. The predicted octanol–water partition coefficient (Wildman–Crippen LogP) is 4.25. The van der Waals surface area contributed by atoms with Crippen LogP contribution in [0, 0.1) is 0 Å². The monoisotopic (exact) mass is 367 g/mol. The Labute approximate surface area is 148 Å². The molecule has 138 valence electrons. The molecule has 5 nitrogen and oxygen atoms in total. The van der Waals surface area contributed by atoms with Crippen LogP contribution in [0.5, 0.6) is 17.2 Å². The van der Waals surface area contributed by atoms with Crippen molar-refractivity contribution in [3.8, 4) is 17.2 Å². The van der Waals surface area contributed by atoms with Crippen molar-refractivity contribution in [1.29, 1.82) is 0 Å². The number of alkyl halides is 3. The van der Waals surface area contributed by atoms with E-state index >= 15 is 0 Å². The number of rotatable bonds is 6. The van der Waals surface area contributed by atoms with Crippen molar-refractivity contribution in [2.45, 2.75) is 6.36 Å². The Kier molecular flexibility index (Phi) is 6.11. The zero-order valence-corrected chi connectivity index (χ0v) is 14.0. The number of nitrogens with one attached hydrogen (secondary N) is 1. The van der Waals surface area contributed by atoms with Crippen LogP contribution in [0.2, 0.25) is 0 Å². The number of carbonyl (C=O) groups is 1. The van der Waals surface area contributed by atoms with Crippen molar-refractivity contribution in [3.63, 3.8) is 0 Å². The molecular weight excluding hydrogens is 351 g/mol. The number of hydrogen-bond donors (Lipinski definition) is 1. The van der Waals surface area contributed by atoms with Gasteiger partial charge >= 0.3 is 6.36 Å². The first kappa shape index (κ1) is 19.2. The summed E-state index contributed by atoms with van der Waals surface area (Å²) in [5.41, 5.74) is 0.961. The van der Waals surface area contributed by atoms with E-state index in [0.29, 0.717) is 22.7 Å². The molecule has 0 spiro atoms. The standard InChI is InChI=1S/C18H16F3NO4/c1-24-15-8-9-16(25-2)12(11-15)3-10-17(23)22-13-4-6-14(7-5-13)26-18(19,20)21/h3-11H,1-2H3,(H,22,23)/b10-3+. The molecule has 2 aromatic rings. The van der Waals surface area contributed by atoms with Crippen molar-refractivity contribution >= 4 is 17.7 Å². The molecule has 0 bridgehead atoms. The summed E-state index contributed by atoms with van der Waals surface area (Å²) in [4.78, 5) is 12.0. The lowest BCUT2D eigenvalue weighted by molar-refractivity contribution is -0.274. The van der Waals surface area contributed by atoms with Gasteiger partial charge < -0.3 is 19.5 Å². The normalized spacial score (nSPS) is 11.3. The first-order valence-corrected chi connectivity index (χ1v) is 7.37. The van der Waals surface area contributed by atoms with Gasteiger partial charge in [0.1, 0.15) is 17.2 Å². The summed E-state index contributed by atoms with van der Waals surface area (Å²) < 4.78 is 50.4. The third kappa shape index (κ3) is 5.73. The Morgan fingerprint density at radius 1 is 1.00 bits per heavy atom. The van der Waals surface area contributed by atoms with Crippen LogP contribution in [0.3, 0.4) is 0 Å². The molecule has 0 saturated carbocycles. The third-order valence-electron chi connectivity index (χ3n) is 3.21. The van der Waals surface area contributed by atoms with E-state index in [-0.39, 0.29) is 5.75 Å². The van der Waals surface area contributed by atoms with Crippen LogP contribution in [0.15, 0.2) is 48.5 Å². The van der Waals surface area contributed by atoms with Gasteiger partial charge in [-0.05, 0) is 48.5 Å². The lowest BCUT2D eigenvalue weighted by atomic mass is 10.1. The van der Waals surface area contributed by atoms with Gasteiger partial charge in [-0.25, -0.2) is 0 Å². The Hall–Kier alpha value is -3.16. The Morgan fingerprint density at radius 2 is 1.65 bits per heavy atom. The van der Waals surface area contributed by atoms with Crippen molar-refractivity contribution in [3.05, 3.63) is 54.1 Å². The van der Waals surface area contributed by atoms with E-state index in [1.807, 2.05) is 0 Å². The summed E-state index contributed by atoms with van der Waals surface area (Å²) >= 11 is 0. The molecule has 2 rings (SSSR count).